The standard InChI is InChI=1S/C17H20F3NO3/c18-17(19,20)14(22)11-5-7-21(8-6-11)15(23)16(24)9-12-3-1-2-4-13(12)10-16/h1-4,11,14,22,24H,5-10H2. The summed E-state index contributed by atoms with van der Waals surface area (Å²) in [5.74, 6) is -1.33. The highest BCUT2D eigenvalue weighted by Crippen LogP contribution is 2.35. The lowest BCUT2D eigenvalue weighted by Crippen LogP contribution is -2.53. The van der Waals surface area contributed by atoms with Gasteiger partial charge in [-0.15, -0.1) is 0 Å². The van der Waals surface area contributed by atoms with Gasteiger partial charge in [-0.05, 0) is 29.9 Å². The molecule has 7 heteroatoms. The largest absolute Gasteiger partial charge is 0.414 e. The highest BCUT2D eigenvalue weighted by molar-refractivity contribution is 5.87. The zero-order chi connectivity index (χ0) is 17.5. The monoisotopic (exact) mass is 343 g/mol. The van der Waals surface area contributed by atoms with Gasteiger partial charge in [0.2, 0.25) is 0 Å². The van der Waals surface area contributed by atoms with Crippen LogP contribution in [0.5, 0.6) is 0 Å². The Morgan fingerprint density at radius 3 is 2.12 bits per heavy atom. The molecular weight excluding hydrogens is 323 g/mol. The van der Waals surface area contributed by atoms with Gasteiger partial charge in [0.25, 0.3) is 5.91 Å². The van der Waals surface area contributed by atoms with E-state index in [2.05, 4.69) is 0 Å². The highest BCUT2D eigenvalue weighted by atomic mass is 19.4. The van der Waals surface area contributed by atoms with Crippen LogP contribution in [-0.4, -0.2) is 52.0 Å². The van der Waals surface area contributed by atoms with Crippen molar-refractivity contribution in [3.05, 3.63) is 35.4 Å². The summed E-state index contributed by atoms with van der Waals surface area (Å²) in [5, 5.41) is 20.1. The molecule has 1 heterocycles. The van der Waals surface area contributed by atoms with Crippen molar-refractivity contribution in [2.45, 2.75) is 43.6 Å². The van der Waals surface area contributed by atoms with E-state index in [1.54, 1.807) is 0 Å². The van der Waals surface area contributed by atoms with E-state index in [9.17, 15) is 28.2 Å². The van der Waals surface area contributed by atoms with E-state index in [0.29, 0.717) is 0 Å². The maximum absolute atomic E-state index is 12.7. The number of carbonyl (C=O) groups excluding carboxylic acids is 1. The second-order valence-corrected chi connectivity index (χ2v) is 6.77. The number of hydrogen-bond donors (Lipinski definition) is 2. The third-order valence-electron chi connectivity index (χ3n) is 5.09. The van der Waals surface area contributed by atoms with Gasteiger partial charge in [0.15, 0.2) is 11.7 Å². The van der Waals surface area contributed by atoms with Crippen molar-refractivity contribution in [3.8, 4) is 0 Å². The van der Waals surface area contributed by atoms with E-state index < -0.39 is 29.7 Å². The van der Waals surface area contributed by atoms with Gasteiger partial charge in [-0.25, -0.2) is 0 Å². The van der Waals surface area contributed by atoms with E-state index in [1.807, 2.05) is 24.3 Å². The molecule has 1 fully saturated rings. The Bertz CT molecular complexity index is 599. The quantitative estimate of drug-likeness (QED) is 0.859. The Hall–Kier alpha value is -1.60. The molecule has 132 valence electrons. The van der Waals surface area contributed by atoms with Gasteiger partial charge in [-0.2, -0.15) is 13.2 Å². The minimum Gasteiger partial charge on any atom is -0.383 e. The number of hydrogen-bond acceptors (Lipinski definition) is 3. The number of nitrogens with zero attached hydrogens (tertiary/aromatic N) is 1. The molecule has 24 heavy (non-hydrogen) atoms. The smallest absolute Gasteiger partial charge is 0.383 e. The SMILES string of the molecule is O=C(N1CCC(C(O)C(F)(F)F)CC1)C1(O)Cc2ccccc2C1. The van der Waals surface area contributed by atoms with Gasteiger partial charge in [-0.1, -0.05) is 24.3 Å². The summed E-state index contributed by atoms with van der Waals surface area (Å²) in [7, 11) is 0. The molecule has 0 spiro atoms. The molecule has 1 unspecified atom stereocenters. The lowest BCUT2D eigenvalue weighted by molar-refractivity contribution is -0.223. The third kappa shape index (κ3) is 3.15. The zero-order valence-corrected chi connectivity index (χ0v) is 13.1. The summed E-state index contributed by atoms with van der Waals surface area (Å²) in [4.78, 5) is 14.1. The number of rotatable bonds is 2. The number of fused-ring (bicyclic) bond motifs is 1. The second kappa shape index (κ2) is 6.04. The van der Waals surface area contributed by atoms with Gasteiger partial charge in [0.05, 0.1) is 0 Å². The van der Waals surface area contributed by atoms with E-state index in [4.69, 9.17) is 0 Å². The first-order valence-corrected chi connectivity index (χ1v) is 8.04. The second-order valence-electron chi connectivity index (χ2n) is 6.77. The molecule has 2 aliphatic rings. The van der Waals surface area contributed by atoms with Crippen LogP contribution in [-0.2, 0) is 17.6 Å². The summed E-state index contributed by atoms with van der Waals surface area (Å²) < 4.78 is 37.7. The lowest BCUT2D eigenvalue weighted by Gasteiger charge is -2.37. The molecule has 1 saturated heterocycles. The number of alkyl halides is 3. The van der Waals surface area contributed by atoms with Gasteiger partial charge >= 0.3 is 6.18 Å². The van der Waals surface area contributed by atoms with Gasteiger partial charge in [0.1, 0.15) is 0 Å². The molecule has 1 aliphatic carbocycles. The first-order chi connectivity index (χ1) is 11.2. The minimum absolute atomic E-state index is 0.0788. The van der Waals surface area contributed by atoms with Crippen LogP contribution in [0, 0.1) is 5.92 Å². The van der Waals surface area contributed by atoms with Crippen LogP contribution in [0.25, 0.3) is 0 Å². The number of halogens is 3. The number of carbonyl (C=O) groups is 1. The molecule has 3 rings (SSSR count). The minimum atomic E-state index is -4.64. The van der Waals surface area contributed by atoms with Gasteiger partial charge in [0, 0.05) is 25.9 Å². The number of aliphatic hydroxyl groups excluding tert-OH is 1. The normalized spacial score (nSPS) is 22.3. The van der Waals surface area contributed by atoms with Crippen LogP contribution in [0.15, 0.2) is 24.3 Å². The average molecular weight is 343 g/mol. The Labute approximate surface area is 137 Å². The Balaban J connectivity index is 1.62. The first kappa shape index (κ1) is 17.2. The van der Waals surface area contributed by atoms with E-state index in [-0.39, 0.29) is 38.8 Å². The first-order valence-electron chi connectivity index (χ1n) is 8.04. The number of aliphatic hydroxyl groups is 2. The van der Waals surface area contributed by atoms with Crippen molar-refractivity contribution < 1.29 is 28.2 Å². The average Bonchev–Trinajstić information content (AvgIpc) is 2.90. The maximum Gasteiger partial charge on any atom is 0.414 e. The molecule has 0 radical (unpaired) electrons. The molecule has 0 aromatic heterocycles. The van der Waals surface area contributed by atoms with Crippen LogP contribution in [0.1, 0.15) is 24.0 Å². The maximum atomic E-state index is 12.7. The fourth-order valence-electron chi connectivity index (χ4n) is 3.73. The molecule has 2 N–H and O–H groups in total. The fourth-order valence-corrected chi connectivity index (χ4v) is 3.73. The predicted molar refractivity (Wildman–Crippen MR) is 80.2 cm³/mol. The summed E-state index contributed by atoms with van der Waals surface area (Å²) in [6.45, 7) is 0.241. The molecule has 1 atom stereocenters. The molecule has 1 aromatic rings. The highest BCUT2D eigenvalue weighted by Gasteiger charge is 2.47. The van der Waals surface area contributed by atoms with Crippen molar-refractivity contribution in [2.24, 2.45) is 5.92 Å². The summed E-state index contributed by atoms with van der Waals surface area (Å²) in [6, 6.07) is 7.43. The zero-order valence-electron chi connectivity index (χ0n) is 13.1. The van der Waals surface area contributed by atoms with Gasteiger partial charge < -0.3 is 15.1 Å². The van der Waals surface area contributed by atoms with Crippen LogP contribution >= 0.6 is 0 Å². The van der Waals surface area contributed by atoms with Crippen LogP contribution < -0.4 is 0 Å². The Kier molecular flexibility index (Phi) is 4.34. The van der Waals surface area contributed by atoms with Crippen molar-refractivity contribution in [1.82, 2.24) is 4.90 Å². The number of likely N-dealkylation sites (tertiary alicyclic amines) is 1. The molecular formula is C17H20F3NO3. The molecule has 4 nitrogen and oxygen atoms in total. The Morgan fingerprint density at radius 2 is 1.67 bits per heavy atom. The molecule has 1 amide bonds. The van der Waals surface area contributed by atoms with E-state index in [1.165, 1.54) is 4.90 Å². The Morgan fingerprint density at radius 1 is 1.17 bits per heavy atom. The lowest BCUT2D eigenvalue weighted by atomic mass is 9.89. The van der Waals surface area contributed by atoms with Gasteiger partial charge in [-0.3, -0.25) is 4.79 Å². The van der Waals surface area contributed by atoms with E-state index >= 15 is 0 Å². The molecule has 1 aromatic carbocycles. The number of benzene rings is 1. The van der Waals surface area contributed by atoms with Crippen LogP contribution in [0.3, 0.4) is 0 Å². The fraction of sp³-hybridized carbons (Fsp3) is 0.588. The molecule has 0 bridgehead atoms. The molecule has 1 aliphatic heterocycles. The predicted octanol–water partition coefficient (Wildman–Crippen LogP) is 1.68. The summed E-state index contributed by atoms with van der Waals surface area (Å²) >= 11 is 0. The molecule has 0 saturated carbocycles. The van der Waals surface area contributed by atoms with Crippen molar-refractivity contribution in [1.29, 1.82) is 0 Å². The third-order valence-corrected chi connectivity index (χ3v) is 5.09. The summed E-state index contributed by atoms with van der Waals surface area (Å²) in [6.07, 6.45) is -6.37. The van der Waals surface area contributed by atoms with Crippen LogP contribution in [0.4, 0.5) is 13.2 Å². The van der Waals surface area contributed by atoms with Crippen molar-refractivity contribution in [2.75, 3.05) is 13.1 Å². The van der Waals surface area contributed by atoms with Crippen molar-refractivity contribution in [3.63, 3.8) is 0 Å². The van der Waals surface area contributed by atoms with Crippen LogP contribution in [0.2, 0.25) is 0 Å². The van der Waals surface area contributed by atoms with E-state index in [0.717, 1.165) is 11.1 Å². The topological polar surface area (TPSA) is 60.8 Å². The van der Waals surface area contributed by atoms with Crippen molar-refractivity contribution >= 4 is 5.91 Å². The number of piperidine rings is 1. The number of amides is 1. The summed E-state index contributed by atoms with van der Waals surface area (Å²) in [5.41, 5.74) is 0.338.